The Labute approximate surface area is 130 Å². The van der Waals surface area contributed by atoms with Crippen LogP contribution in [0.15, 0.2) is 35.2 Å². The number of rotatable bonds is 5. The fourth-order valence-corrected chi connectivity index (χ4v) is 3.76. The number of hydrogen-bond donors (Lipinski definition) is 1. The lowest BCUT2D eigenvalue weighted by molar-refractivity contribution is 0.215. The number of thioether (sulfide) groups is 1. The molecule has 1 aliphatic heterocycles. The number of aryl methyl sites for hydroxylation is 1. The average Bonchev–Trinajstić information content (AvgIpc) is 2.95. The zero-order valence-corrected chi connectivity index (χ0v) is 13.3. The minimum Gasteiger partial charge on any atom is -0.302 e. The van der Waals surface area contributed by atoms with Gasteiger partial charge < -0.3 is 4.90 Å². The van der Waals surface area contributed by atoms with Gasteiger partial charge in [-0.25, -0.2) is 4.98 Å². The molecule has 5 heteroatoms. The first-order valence-corrected chi connectivity index (χ1v) is 8.59. The van der Waals surface area contributed by atoms with E-state index in [9.17, 15) is 0 Å². The number of nitrogens with zero attached hydrogens (tertiary/aromatic N) is 3. The Morgan fingerprint density at radius 1 is 1.33 bits per heavy atom. The summed E-state index contributed by atoms with van der Waals surface area (Å²) in [5.41, 5.74) is 0. The molecular weight excluding hydrogens is 280 g/mol. The van der Waals surface area contributed by atoms with Crippen molar-refractivity contribution >= 4 is 11.8 Å². The number of piperidine rings is 1. The van der Waals surface area contributed by atoms with Gasteiger partial charge in [-0.05, 0) is 38.4 Å². The highest BCUT2D eigenvalue weighted by Gasteiger charge is 2.23. The number of nitrogens with one attached hydrogen (secondary N) is 1. The van der Waals surface area contributed by atoms with E-state index >= 15 is 0 Å². The first-order chi connectivity index (χ1) is 10.3. The summed E-state index contributed by atoms with van der Waals surface area (Å²) in [6, 6.07) is 10.6. The summed E-state index contributed by atoms with van der Waals surface area (Å²) in [6.45, 7) is 5.40. The van der Waals surface area contributed by atoms with E-state index in [1.54, 1.807) is 0 Å². The maximum Gasteiger partial charge on any atom is 0.155 e. The van der Waals surface area contributed by atoms with Crippen LogP contribution in [0.2, 0.25) is 0 Å². The van der Waals surface area contributed by atoms with Gasteiger partial charge in [0.05, 0.1) is 0 Å². The molecule has 0 saturated carbocycles. The number of H-pyrrole nitrogens is 1. The number of likely N-dealkylation sites (tertiary alicyclic amines) is 1. The summed E-state index contributed by atoms with van der Waals surface area (Å²) in [5, 5.41) is 7.30. The van der Waals surface area contributed by atoms with Crippen LogP contribution in [0, 0.1) is 6.92 Å². The van der Waals surface area contributed by atoms with E-state index in [4.69, 9.17) is 0 Å². The van der Waals surface area contributed by atoms with E-state index in [2.05, 4.69) is 50.4 Å². The Hall–Kier alpha value is -1.33. The van der Waals surface area contributed by atoms with Crippen LogP contribution in [0.5, 0.6) is 0 Å². The summed E-state index contributed by atoms with van der Waals surface area (Å²) in [6.07, 6.45) is 2.45. The monoisotopic (exact) mass is 302 g/mol. The van der Waals surface area contributed by atoms with Gasteiger partial charge in [-0.2, -0.15) is 5.10 Å². The highest BCUT2D eigenvalue weighted by atomic mass is 32.2. The standard InChI is InChI=1S/C16H22N4S/c1-13-17-16(19-18-13)14-6-5-9-20(12-14)10-11-21-15-7-3-2-4-8-15/h2-4,7-8,14H,5-6,9-12H2,1H3,(H,17,18,19). The first kappa shape index (κ1) is 14.6. The fourth-order valence-electron chi connectivity index (χ4n) is 2.82. The molecule has 2 aromatic rings. The molecule has 1 fully saturated rings. The Bertz CT molecular complexity index is 554. The maximum atomic E-state index is 4.50. The highest BCUT2D eigenvalue weighted by molar-refractivity contribution is 7.99. The van der Waals surface area contributed by atoms with Crippen molar-refractivity contribution in [3.05, 3.63) is 42.0 Å². The lowest BCUT2D eigenvalue weighted by atomic mass is 9.97. The minimum atomic E-state index is 0.491. The molecule has 1 aliphatic rings. The summed E-state index contributed by atoms with van der Waals surface area (Å²) in [7, 11) is 0. The normalized spacial score (nSPS) is 19.8. The Morgan fingerprint density at radius 3 is 2.95 bits per heavy atom. The predicted octanol–water partition coefficient (Wildman–Crippen LogP) is 3.08. The van der Waals surface area contributed by atoms with Crippen LogP contribution in [0.1, 0.15) is 30.4 Å². The van der Waals surface area contributed by atoms with Crippen LogP contribution in [0.4, 0.5) is 0 Å². The third-order valence-electron chi connectivity index (χ3n) is 3.90. The first-order valence-electron chi connectivity index (χ1n) is 7.60. The van der Waals surface area contributed by atoms with Crippen LogP contribution in [0.25, 0.3) is 0 Å². The molecule has 112 valence electrons. The van der Waals surface area contributed by atoms with E-state index in [-0.39, 0.29) is 0 Å². The topological polar surface area (TPSA) is 44.8 Å². The second-order valence-corrected chi connectivity index (χ2v) is 6.75. The molecule has 0 radical (unpaired) electrons. The molecule has 1 atom stereocenters. The molecule has 1 N–H and O–H groups in total. The van der Waals surface area contributed by atoms with Gasteiger partial charge in [0, 0.05) is 29.7 Å². The van der Waals surface area contributed by atoms with Crippen molar-refractivity contribution in [2.24, 2.45) is 0 Å². The molecule has 0 spiro atoms. The Balaban J connectivity index is 1.48. The van der Waals surface area contributed by atoms with Crippen LogP contribution < -0.4 is 0 Å². The van der Waals surface area contributed by atoms with Crippen LogP contribution in [0.3, 0.4) is 0 Å². The highest BCUT2D eigenvalue weighted by Crippen LogP contribution is 2.25. The van der Waals surface area contributed by atoms with Crippen molar-refractivity contribution in [3.63, 3.8) is 0 Å². The molecule has 0 aliphatic carbocycles. The van der Waals surface area contributed by atoms with Crippen molar-refractivity contribution < 1.29 is 0 Å². The lowest BCUT2D eigenvalue weighted by Gasteiger charge is -2.31. The summed E-state index contributed by atoms with van der Waals surface area (Å²) < 4.78 is 0. The van der Waals surface area contributed by atoms with Crippen molar-refractivity contribution in [3.8, 4) is 0 Å². The van der Waals surface area contributed by atoms with E-state index in [1.807, 2.05) is 18.7 Å². The third kappa shape index (κ3) is 4.08. The number of benzene rings is 1. The van der Waals surface area contributed by atoms with Crippen molar-refractivity contribution in [1.29, 1.82) is 0 Å². The molecule has 2 heterocycles. The van der Waals surface area contributed by atoms with Crippen molar-refractivity contribution in [2.45, 2.75) is 30.6 Å². The molecule has 1 aromatic carbocycles. The average molecular weight is 302 g/mol. The van der Waals surface area contributed by atoms with Gasteiger partial charge in [0.1, 0.15) is 5.82 Å². The van der Waals surface area contributed by atoms with Gasteiger partial charge in [0.2, 0.25) is 0 Å². The number of aromatic nitrogens is 3. The quantitative estimate of drug-likeness (QED) is 0.862. The third-order valence-corrected chi connectivity index (χ3v) is 4.90. The minimum absolute atomic E-state index is 0.491. The van der Waals surface area contributed by atoms with E-state index < -0.39 is 0 Å². The van der Waals surface area contributed by atoms with Gasteiger partial charge in [-0.15, -0.1) is 11.8 Å². The van der Waals surface area contributed by atoms with Crippen molar-refractivity contribution in [2.75, 3.05) is 25.4 Å². The maximum absolute atomic E-state index is 4.50. The molecule has 21 heavy (non-hydrogen) atoms. The Morgan fingerprint density at radius 2 is 2.19 bits per heavy atom. The predicted molar refractivity (Wildman–Crippen MR) is 86.7 cm³/mol. The summed E-state index contributed by atoms with van der Waals surface area (Å²) >= 11 is 1.94. The van der Waals surface area contributed by atoms with Gasteiger partial charge in [-0.3, -0.25) is 5.10 Å². The molecular formula is C16H22N4S. The van der Waals surface area contributed by atoms with Crippen LogP contribution >= 0.6 is 11.8 Å². The van der Waals surface area contributed by atoms with Gasteiger partial charge >= 0.3 is 0 Å². The molecule has 1 unspecified atom stereocenters. The number of aromatic amines is 1. The van der Waals surface area contributed by atoms with Gasteiger partial charge in [-0.1, -0.05) is 18.2 Å². The van der Waals surface area contributed by atoms with Crippen LogP contribution in [-0.4, -0.2) is 45.5 Å². The zero-order chi connectivity index (χ0) is 14.5. The molecule has 4 nitrogen and oxygen atoms in total. The van der Waals surface area contributed by atoms with Crippen LogP contribution in [-0.2, 0) is 0 Å². The van der Waals surface area contributed by atoms with Gasteiger partial charge in [0.25, 0.3) is 0 Å². The van der Waals surface area contributed by atoms with Crippen molar-refractivity contribution in [1.82, 2.24) is 20.1 Å². The van der Waals surface area contributed by atoms with E-state index in [0.717, 1.165) is 30.5 Å². The fraction of sp³-hybridized carbons (Fsp3) is 0.500. The molecule has 0 amide bonds. The SMILES string of the molecule is Cc1nc(C2CCCN(CCSc3ccccc3)C2)n[nH]1. The molecule has 3 rings (SSSR count). The van der Waals surface area contributed by atoms with Gasteiger partial charge in [0.15, 0.2) is 5.82 Å². The smallest absolute Gasteiger partial charge is 0.155 e. The largest absolute Gasteiger partial charge is 0.302 e. The summed E-state index contributed by atoms with van der Waals surface area (Å²) in [4.78, 5) is 8.41. The second kappa shape index (κ2) is 7.09. The molecule has 1 aromatic heterocycles. The zero-order valence-electron chi connectivity index (χ0n) is 12.5. The molecule has 0 bridgehead atoms. The second-order valence-electron chi connectivity index (χ2n) is 5.58. The summed E-state index contributed by atoms with van der Waals surface area (Å²) in [5.74, 6) is 3.55. The van der Waals surface area contributed by atoms with E-state index in [1.165, 1.54) is 24.3 Å². The van der Waals surface area contributed by atoms with E-state index in [0.29, 0.717) is 5.92 Å². The number of hydrogen-bond acceptors (Lipinski definition) is 4. The molecule has 1 saturated heterocycles. The Kier molecular flexibility index (Phi) is 4.93. The lowest BCUT2D eigenvalue weighted by Crippen LogP contribution is -2.36.